The van der Waals surface area contributed by atoms with E-state index < -0.39 is 17.5 Å². The SMILES string of the molecule is COc1cccc2c1OC(C(N)=O)(c1ccncc1CC(=O)OCc1ccccc1)C2. The Labute approximate surface area is 179 Å². The van der Waals surface area contributed by atoms with Crippen molar-refractivity contribution in [3.63, 3.8) is 0 Å². The highest BCUT2D eigenvalue weighted by Crippen LogP contribution is 2.47. The van der Waals surface area contributed by atoms with Crippen LogP contribution in [0.15, 0.2) is 67.0 Å². The Balaban J connectivity index is 1.61. The predicted molar refractivity (Wildman–Crippen MR) is 112 cm³/mol. The topological polar surface area (TPSA) is 101 Å². The van der Waals surface area contributed by atoms with Crippen molar-refractivity contribution >= 4 is 11.9 Å². The van der Waals surface area contributed by atoms with E-state index in [1.807, 2.05) is 42.5 Å². The number of rotatable bonds is 7. The minimum atomic E-state index is -1.46. The fourth-order valence-electron chi connectivity index (χ4n) is 3.78. The number of para-hydroxylation sites is 1. The summed E-state index contributed by atoms with van der Waals surface area (Å²) in [5.74, 6) is -0.113. The van der Waals surface area contributed by atoms with Crippen LogP contribution in [0.1, 0.15) is 22.3 Å². The highest BCUT2D eigenvalue weighted by molar-refractivity contribution is 5.88. The lowest BCUT2D eigenvalue weighted by Gasteiger charge is -2.28. The van der Waals surface area contributed by atoms with Gasteiger partial charge in [-0.25, -0.2) is 0 Å². The maximum absolute atomic E-state index is 12.7. The molecule has 158 valence electrons. The number of benzene rings is 2. The zero-order valence-corrected chi connectivity index (χ0v) is 17.0. The van der Waals surface area contributed by atoms with Gasteiger partial charge < -0.3 is 19.9 Å². The molecular weight excluding hydrogens is 396 g/mol. The van der Waals surface area contributed by atoms with Crippen LogP contribution in [-0.2, 0) is 39.4 Å². The van der Waals surface area contributed by atoms with Gasteiger partial charge in [0.2, 0.25) is 5.60 Å². The second-order valence-corrected chi connectivity index (χ2v) is 7.27. The summed E-state index contributed by atoms with van der Waals surface area (Å²) in [5.41, 5.74) is 7.06. The maximum Gasteiger partial charge on any atom is 0.310 e. The number of methoxy groups -OCH3 is 1. The third kappa shape index (κ3) is 3.94. The second-order valence-electron chi connectivity index (χ2n) is 7.27. The van der Waals surface area contributed by atoms with E-state index in [1.54, 1.807) is 18.3 Å². The van der Waals surface area contributed by atoms with Gasteiger partial charge in [-0.3, -0.25) is 14.6 Å². The summed E-state index contributed by atoms with van der Waals surface area (Å²) in [7, 11) is 1.53. The molecule has 1 aliphatic rings. The molecule has 1 aromatic heterocycles. The Morgan fingerprint density at radius 3 is 2.68 bits per heavy atom. The number of hydrogen-bond acceptors (Lipinski definition) is 6. The largest absolute Gasteiger partial charge is 0.493 e. The molecule has 31 heavy (non-hydrogen) atoms. The molecule has 2 aromatic carbocycles. The quantitative estimate of drug-likeness (QED) is 0.592. The summed E-state index contributed by atoms with van der Waals surface area (Å²) in [6.07, 6.45) is 3.24. The van der Waals surface area contributed by atoms with Crippen molar-refractivity contribution in [2.24, 2.45) is 5.73 Å². The van der Waals surface area contributed by atoms with E-state index in [-0.39, 0.29) is 19.4 Å². The minimum absolute atomic E-state index is 0.0676. The van der Waals surface area contributed by atoms with Crippen LogP contribution < -0.4 is 15.2 Å². The second kappa shape index (κ2) is 8.47. The molecule has 0 radical (unpaired) electrons. The van der Waals surface area contributed by atoms with Gasteiger partial charge in [0.1, 0.15) is 6.61 Å². The number of nitrogens with two attached hydrogens (primary N) is 1. The molecule has 1 aliphatic heterocycles. The summed E-state index contributed by atoms with van der Waals surface area (Å²) < 4.78 is 16.9. The van der Waals surface area contributed by atoms with Crippen LogP contribution in [0.25, 0.3) is 0 Å². The monoisotopic (exact) mass is 418 g/mol. The molecule has 1 atom stereocenters. The molecule has 0 fully saturated rings. The van der Waals surface area contributed by atoms with Gasteiger partial charge in [0, 0.05) is 29.9 Å². The number of aromatic nitrogens is 1. The summed E-state index contributed by atoms with van der Waals surface area (Å²) >= 11 is 0. The first kappa shape index (κ1) is 20.4. The van der Waals surface area contributed by atoms with Crippen LogP contribution in [0.3, 0.4) is 0 Å². The average molecular weight is 418 g/mol. The smallest absolute Gasteiger partial charge is 0.310 e. The standard InChI is InChI=1S/C24H22N2O5/c1-29-20-9-5-8-17-13-24(23(25)28,31-22(17)20)19-10-11-26-14-18(19)12-21(27)30-15-16-6-3-2-4-7-16/h2-11,14H,12-13,15H2,1H3,(H2,25,28). The molecule has 2 heterocycles. The average Bonchev–Trinajstić information content (AvgIpc) is 3.20. The third-order valence-electron chi connectivity index (χ3n) is 5.31. The van der Waals surface area contributed by atoms with Crippen LogP contribution >= 0.6 is 0 Å². The van der Waals surface area contributed by atoms with Crippen LogP contribution in [0.2, 0.25) is 0 Å². The minimum Gasteiger partial charge on any atom is -0.493 e. The Bertz CT molecular complexity index is 1120. The van der Waals surface area contributed by atoms with E-state index in [9.17, 15) is 9.59 Å². The Kier molecular flexibility index (Phi) is 5.58. The first-order valence-electron chi connectivity index (χ1n) is 9.81. The van der Waals surface area contributed by atoms with Crippen LogP contribution in [-0.4, -0.2) is 24.0 Å². The van der Waals surface area contributed by atoms with Crippen molar-refractivity contribution in [1.82, 2.24) is 4.98 Å². The molecule has 0 spiro atoms. The van der Waals surface area contributed by atoms with Gasteiger partial charge in [-0.2, -0.15) is 0 Å². The first-order valence-corrected chi connectivity index (χ1v) is 9.81. The van der Waals surface area contributed by atoms with E-state index in [0.717, 1.165) is 11.1 Å². The lowest BCUT2D eigenvalue weighted by molar-refractivity contribution is -0.144. The molecule has 7 heteroatoms. The number of carbonyl (C=O) groups excluding carboxylic acids is 2. The molecule has 0 bridgehead atoms. The highest BCUT2D eigenvalue weighted by Gasteiger charge is 2.49. The van der Waals surface area contributed by atoms with Gasteiger partial charge in [-0.15, -0.1) is 0 Å². The van der Waals surface area contributed by atoms with Crippen molar-refractivity contribution in [1.29, 1.82) is 0 Å². The number of pyridine rings is 1. The lowest BCUT2D eigenvalue weighted by atomic mass is 9.85. The number of fused-ring (bicyclic) bond motifs is 1. The van der Waals surface area contributed by atoms with Crippen molar-refractivity contribution in [3.05, 3.63) is 89.2 Å². The van der Waals surface area contributed by atoms with Crippen molar-refractivity contribution in [2.45, 2.75) is 25.0 Å². The highest BCUT2D eigenvalue weighted by atomic mass is 16.5. The molecular formula is C24H22N2O5. The maximum atomic E-state index is 12.7. The molecule has 1 amide bonds. The predicted octanol–water partition coefficient (Wildman–Crippen LogP) is 2.69. The van der Waals surface area contributed by atoms with Gasteiger partial charge in [0.05, 0.1) is 13.5 Å². The Hall–Kier alpha value is -3.87. The van der Waals surface area contributed by atoms with Gasteiger partial charge in [-0.05, 0) is 23.3 Å². The van der Waals surface area contributed by atoms with Gasteiger partial charge >= 0.3 is 5.97 Å². The van der Waals surface area contributed by atoms with Crippen LogP contribution in [0.5, 0.6) is 11.5 Å². The van der Waals surface area contributed by atoms with E-state index in [0.29, 0.717) is 22.6 Å². The van der Waals surface area contributed by atoms with Crippen LogP contribution in [0, 0.1) is 0 Å². The number of ether oxygens (including phenoxy) is 3. The zero-order chi connectivity index (χ0) is 21.8. The normalized spacial score (nSPS) is 16.8. The summed E-state index contributed by atoms with van der Waals surface area (Å²) in [5, 5.41) is 0. The molecule has 2 N–H and O–H groups in total. The molecule has 0 saturated carbocycles. The van der Waals surface area contributed by atoms with Crippen molar-refractivity contribution < 1.29 is 23.8 Å². The number of amides is 1. The number of hydrogen-bond donors (Lipinski definition) is 1. The van der Waals surface area contributed by atoms with Gasteiger partial charge in [-0.1, -0.05) is 42.5 Å². The van der Waals surface area contributed by atoms with E-state index in [4.69, 9.17) is 19.9 Å². The molecule has 7 nitrogen and oxygen atoms in total. The lowest BCUT2D eigenvalue weighted by Crippen LogP contribution is -2.46. The molecule has 4 rings (SSSR count). The van der Waals surface area contributed by atoms with Crippen LogP contribution in [0.4, 0.5) is 0 Å². The molecule has 0 saturated heterocycles. The fourth-order valence-corrected chi connectivity index (χ4v) is 3.78. The van der Waals surface area contributed by atoms with E-state index >= 15 is 0 Å². The third-order valence-corrected chi connectivity index (χ3v) is 5.31. The van der Waals surface area contributed by atoms with Crippen molar-refractivity contribution in [2.75, 3.05) is 7.11 Å². The summed E-state index contributed by atoms with van der Waals surface area (Å²) in [6.45, 7) is 0.162. The molecule has 0 aliphatic carbocycles. The molecule has 3 aromatic rings. The number of primary amides is 1. The van der Waals surface area contributed by atoms with E-state index in [2.05, 4.69) is 4.98 Å². The zero-order valence-electron chi connectivity index (χ0n) is 17.0. The fraction of sp³-hybridized carbons (Fsp3) is 0.208. The number of esters is 1. The number of carbonyl (C=O) groups is 2. The summed E-state index contributed by atoms with van der Waals surface area (Å²) in [4.78, 5) is 29.3. The number of nitrogens with zero attached hydrogens (tertiary/aromatic N) is 1. The van der Waals surface area contributed by atoms with E-state index in [1.165, 1.54) is 13.3 Å². The first-order chi connectivity index (χ1) is 15.0. The van der Waals surface area contributed by atoms with Gasteiger partial charge in [0.15, 0.2) is 11.5 Å². The Morgan fingerprint density at radius 1 is 1.13 bits per heavy atom. The van der Waals surface area contributed by atoms with Gasteiger partial charge in [0.25, 0.3) is 5.91 Å². The Morgan fingerprint density at radius 2 is 1.94 bits per heavy atom. The molecule has 1 unspecified atom stereocenters. The van der Waals surface area contributed by atoms with Crippen molar-refractivity contribution in [3.8, 4) is 11.5 Å². The summed E-state index contributed by atoms with van der Waals surface area (Å²) in [6, 6.07) is 16.5.